The molecule has 0 radical (unpaired) electrons. The highest BCUT2D eigenvalue weighted by Crippen LogP contribution is 2.11. The number of carbonyl (C=O) groups excluding carboxylic acids is 1. The number of nitrogens with zero attached hydrogens (tertiary/aromatic N) is 1. The van der Waals surface area contributed by atoms with E-state index < -0.39 is 5.92 Å². The van der Waals surface area contributed by atoms with Crippen LogP contribution in [0.4, 0.5) is 0 Å². The lowest BCUT2D eigenvalue weighted by atomic mass is 9.96. The maximum absolute atomic E-state index is 11.6. The summed E-state index contributed by atoms with van der Waals surface area (Å²) in [5.74, 6) is -0.455. The molecule has 0 aromatic rings. The Morgan fingerprint density at radius 2 is 2.12 bits per heavy atom. The predicted octanol–water partition coefficient (Wildman–Crippen LogP) is 1.31. The van der Waals surface area contributed by atoms with Gasteiger partial charge in [-0.2, -0.15) is 5.26 Å². The molecule has 0 aromatic carbocycles. The summed E-state index contributed by atoms with van der Waals surface area (Å²) in [5, 5.41) is 20.4. The van der Waals surface area contributed by atoms with Gasteiger partial charge in [0.05, 0.1) is 6.07 Å². The summed E-state index contributed by atoms with van der Waals surface area (Å²) >= 11 is 0. The molecule has 0 aliphatic heterocycles. The van der Waals surface area contributed by atoms with Crippen molar-refractivity contribution in [1.82, 2.24) is 5.32 Å². The monoisotopic (exact) mass is 226 g/mol. The Morgan fingerprint density at radius 3 is 2.50 bits per heavy atom. The van der Waals surface area contributed by atoms with E-state index in [9.17, 15) is 4.79 Å². The zero-order chi connectivity index (χ0) is 12.6. The van der Waals surface area contributed by atoms with Crippen molar-refractivity contribution in [2.45, 2.75) is 33.6 Å². The molecule has 0 aliphatic rings. The lowest BCUT2D eigenvalue weighted by Crippen LogP contribution is -2.36. The largest absolute Gasteiger partial charge is 0.396 e. The number of rotatable bonds is 7. The maximum Gasteiger partial charge on any atom is 0.237 e. The average Bonchev–Trinajstić information content (AvgIpc) is 2.24. The van der Waals surface area contributed by atoms with E-state index in [1.165, 1.54) is 0 Å². The summed E-state index contributed by atoms with van der Waals surface area (Å²) in [6.45, 7) is 6.43. The van der Waals surface area contributed by atoms with Crippen molar-refractivity contribution in [1.29, 1.82) is 5.26 Å². The van der Waals surface area contributed by atoms with Gasteiger partial charge in [-0.05, 0) is 18.3 Å². The van der Waals surface area contributed by atoms with Gasteiger partial charge in [0.25, 0.3) is 0 Å². The van der Waals surface area contributed by atoms with E-state index in [-0.39, 0.29) is 18.4 Å². The summed E-state index contributed by atoms with van der Waals surface area (Å²) < 4.78 is 0. The highest BCUT2D eigenvalue weighted by atomic mass is 16.3. The van der Waals surface area contributed by atoms with Gasteiger partial charge in [0.1, 0.15) is 5.92 Å². The van der Waals surface area contributed by atoms with E-state index in [0.29, 0.717) is 18.9 Å². The summed E-state index contributed by atoms with van der Waals surface area (Å²) in [6, 6.07) is 2.01. The number of aliphatic hydroxyl groups is 1. The summed E-state index contributed by atoms with van der Waals surface area (Å²) in [7, 11) is 0. The second-order valence-electron chi connectivity index (χ2n) is 4.38. The van der Waals surface area contributed by atoms with Crippen molar-refractivity contribution in [2.24, 2.45) is 17.8 Å². The number of aliphatic hydroxyl groups excluding tert-OH is 1. The third-order valence-electron chi connectivity index (χ3n) is 2.77. The quantitative estimate of drug-likeness (QED) is 0.687. The molecule has 0 aromatic heterocycles. The first kappa shape index (κ1) is 14.9. The van der Waals surface area contributed by atoms with Gasteiger partial charge in [0, 0.05) is 13.2 Å². The zero-order valence-corrected chi connectivity index (χ0v) is 10.4. The number of nitrogens with one attached hydrogen (secondary N) is 1. The first-order valence-corrected chi connectivity index (χ1v) is 5.84. The van der Waals surface area contributed by atoms with E-state index in [2.05, 4.69) is 5.32 Å². The number of nitriles is 1. The molecule has 0 heterocycles. The lowest BCUT2D eigenvalue weighted by molar-refractivity contribution is -0.124. The fourth-order valence-electron chi connectivity index (χ4n) is 1.50. The lowest BCUT2D eigenvalue weighted by Gasteiger charge is -2.17. The SMILES string of the molecule is CCC(CCO)CNC(=O)C(C#N)C(C)C. The fraction of sp³-hybridized carbons (Fsp3) is 0.833. The van der Waals surface area contributed by atoms with E-state index in [0.717, 1.165) is 6.42 Å². The van der Waals surface area contributed by atoms with E-state index >= 15 is 0 Å². The van der Waals surface area contributed by atoms with Crippen molar-refractivity contribution in [3.8, 4) is 6.07 Å². The molecule has 2 unspecified atom stereocenters. The zero-order valence-electron chi connectivity index (χ0n) is 10.4. The van der Waals surface area contributed by atoms with Gasteiger partial charge in [-0.1, -0.05) is 27.2 Å². The molecule has 92 valence electrons. The van der Waals surface area contributed by atoms with E-state index in [1.54, 1.807) is 0 Å². The molecule has 0 saturated heterocycles. The summed E-state index contributed by atoms with van der Waals surface area (Å²) in [4.78, 5) is 11.6. The van der Waals surface area contributed by atoms with Crippen LogP contribution in [0.2, 0.25) is 0 Å². The molecule has 2 atom stereocenters. The summed E-state index contributed by atoms with van der Waals surface area (Å²) in [5.41, 5.74) is 0. The molecule has 0 spiro atoms. The van der Waals surface area contributed by atoms with Crippen LogP contribution < -0.4 is 5.32 Å². The Bertz CT molecular complexity index is 246. The number of hydrogen-bond donors (Lipinski definition) is 2. The number of carbonyl (C=O) groups is 1. The van der Waals surface area contributed by atoms with Crippen LogP contribution in [0, 0.1) is 29.1 Å². The van der Waals surface area contributed by atoms with Gasteiger partial charge >= 0.3 is 0 Å². The molecule has 0 rings (SSSR count). The molecule has 2 N–H and O–H groups in total. The second-order valence-corrected chi connectivity index (χ2v) is 4.38. The molecule has 0 saturated carbocycles. The third kappa shape index (κ3) is 5.13. The predicted molar refractivity (Wildman–Crippen MR) is 62.4 cm³/mol. The molecule has 0 bridgehead atoms. The molecule has 1 amide bonds. The molecule has 0 aliphatic carbocycles. The molecular formula is C12H22N2O2. The Labute approximate surface area is 97.7 Å². The van der Waals surface area contributed by atoms with Crippen molar-refractivity contribution in [2.75, 3.05) is 13.2 Å². The van der Waals surface area contributed by atoms with Crippen molar-refractivity contribution in [3.05, 3.63) is 0 Å². The van der Waals surface area contributed by atoms with Gasteiger partial charge in [0.2, 0.25) is 5.91 Å². The van der Waals surface area contributed by atoms with Gasteiger partial charge in [-0.3, -0.25) is 4.79 Å². The smallest absolute Gasteiger partial charge is 0.237 e. The molecular weight excluding hydrogens is 204 g/mol. The van der Waals surface area contributed by atoms with Gasteiger partial charge in [-0.25, -0.2) is 0 Å². The Balaban J connectivity index is 4.09. The van der Waals surface area contributed by atoms with Crippen molar-refractivity contribution >= 4 is 5.91 Å². The maximum atomic E-state index is 11.6. The summed E-state index contributed by atoms with van der Waals surface area (Å²) in [6.07, 6.45) is 1.61. The first-order chi connectivity index (χ1) is 7.56. The minimum absolute atomic E-state index is 0.0305. The average molecular weight is 226 g/mol. The second kappa shape index (κ2) is 8.12. The van der Waals surface area contributed by atoms with Gasteiger partial charge in [0.15, 0.2) is 0 Å². The van der Waals surface area contributed by atoms with E-state index in [4.69, 9.17) is 10.4 Å². The molecule has 0 fully saturated rings. The minimum atomic E-state index is -0.577. The topological polar surface area (TPSA) is 73.1 Å². The number of amides is 1. The van der Waals surface area contributed by atoms with Crippen LogP contribution in [-0.2, 0) is 4.79 Å². The van der Waals surface area contributed by atoms with Crippen LogP contribution in [0.25, 0.3) is 0 Å². The van der Waals surface area contributed by atoms with Crippen LogP contribution in [0.15, 0.2) is 0 Å². The first-order valence-electron chi connectivity index (χ1n) is 5.84. The van der Waals surface area contributed by atoms with E-state index in [1.807, 2.05) is 26.8 Å². The molecule has 4 nitrogen and oxygen atoms in total. The Hall–Kier alpha value is -1.08. The van der Waals surface area contributed by atoms with Crippen molar-refractivity contribution < 1.29 is 9.90 Å². The van der Waals surface area contributed by atoms with Crippen LogP contribution in [0.1, 0.15) is 33.6 Å². The van der Waals surface area contributed by atoms with Gasteiger partial charge in [-0.15, -0.1) is 0 Å². The normalized spacial score (nSPS) is 14.2. The highest BCUT2D eigenvalue weighted by Gasteiger charge is 2.21. The minimum Gasteiger partial charge on any atom is -0.396 e. The van der Waals surface area contributed by atoms with Crippen molar-refractivity contribution in [3.63, 3.8) is 0 Å². The van der Waals surface area contributed by atoms with Crippen LogP contribution in [0.5, 0.6) is 0 Å². The molecule has 4 heteroatoms. The van der Waals surface area contributed by atoms with Crippen LogP contribution >= 0.6 is 0 Å². The number of hydrogen-bond acceptors (Lipinski definition) is 3. The Morgan fingerprint density at radius 1 is 1.50 bits per heavy atom. The van der Waals surface area contributed by atoms with Crippen LogP contribution in [0.3, 0.4) is 0 Å². The Kier molecular flexibility index (Phi) is 7.57. The highest BCUT2D eigenvalue weighted by molar-refractivity contribution is 5.81. The van der Waals surface area contributed by atoms with Crippen LogP contribution in [-0.4, -0.2) is 24.2 Å². The molecule has 16 heavy (non-hydrogen) atoms. The third-order valence-corrected chi connectivity index (χ3v) is 2.77. The fourth-order valence-corrected chi connectivity index (χ4v) is 1.50. The standard InChI is InChI=1S/C12H22N2O2/c1-4-10(5-6-15)8-14-12(16)11(7-13)9(2)3/h9-11,15H,4-6,8H2,1-3H3,(H,14,16). The van der Waals surface area contributed by atoms with Gasteiger partial charge < -0.3 is 10.4 Å².